The average Bonchev–Trinajstić information content (AvgIpc) is 2.67. The van der Waals surface area contributed by atoms with E-state index in [0.29, 0.717) is 31.5 Å². The van der Waals surface area contributed by atoms with Gasteiger partial charge in [-0.2, -0.15) is 0 Å². The van der Waals surface area contributed by atoms with Crippen molar-refractivity contribution in [3.05, 3.63) is 23.8 Å². The number of hydrogen-bond donors (Lipinski definition) is 2. The maximum absolute atomic E-state index is 12.5. The van der Waals surface area contributed by atoms with Gasteiger partial charge in [-0.1, -0.05) is 19.9 Å². The maximum Gasteiger partial charge on any atom is 0.237 e. The highest BCUT2D eigenvalue weighted by Crippen LogP contribution is 2.30. The van der Waals surface area contributed by atoms with Gasteiger partial charge in [0.1, 0.15) is 0 Å². The summed E-state index contributed by atoms with van der Waals surface area (Å²) in [5, 5.41) is 3.02. The van der Waals surface area contributed by atoms with Gasteiger partial charge < -0.3 is 25.3 Å². The molecule has 1 amide bonds. The molecule has 1 aromatic rings. The Morgan fingerprint density at radius 1 is 1.25 bits per heavy atom. The fourth-order valence-electron chi connectivity index (χ4n) is 3.16. The van der Waals surface area contributed by atoms with Crippen LogP contribution in [0.3, 0.4) is 0 Å². The highest BCUT2D eigenvalue weighted by atomic mass is 35.5. The van der Waals surface area contributed by atoms with Crippen molar-refractivity contribution < 1.29 is 19.0 Å². The van der Waals surface area contributed by atoms with Crippen LogP contribution in [0, 0.1) is 11.8 Å². The van der Waals surface area contributed by atoms with Crippen molar-refractivity contribution in [2.24, 2.45) is 17.6 Å². The SMILES string of the molecule is COc1cc(C(C)NC(=O)C(N)C2CCOCC2)ccc1OCCC(C)C.Cl. The van der Waals surface area contributed by atoms with Crippen LogP contribution in [0.1, 0.15) is 51.6 Å². The zero-order valence-corrected chi connectivity index (χ0v) is 18.2. The van der Waals surface area contributed by atoms with Gasteiger partial charge in [-0.3, -0.25) is 4.79 Å². The molecule has 1 saturated heterocycles. The van der Waals surface area contributed by atoms with Crippen molar-refractivity contribution in [2.75, 3.05) is 26.9 Å². The Morgan fingerprint density at radius 2 is 1.93 bits per heavy atom. The number of nitrogens with one attached hydrogen (secondary N) is 1. The lowest BCUT2D eigenvalue weighted by molar-refractivity contribution is -0.125. The first kappa shape index (κ1) is 24.5. The van der Waals surface area contributed by atoms with Gasteiger partial charge in [-0.15, -0.1) is 12.4 Å². The predicted molar refractivity (Wildman–Crippen MR) is 113 cm³/mol. The minimum atomic E-state index is -0.503. The standard InChI is InChI=1S/C21H34N2O4.ClH/c1-14(2)7-12-27-18-6-5-17(13-19(18)25-4)15(3)23-21(24)20(22)16-8-10-26-11-9-16;/h5-6,13-16,20H,7-12,22H2,1-4H3,(H,23,24);1H. The smallest absolute Gasteiger partial charge is 0.237 e. The Hall–Kier alpha value is -1.50. The number of hydrogen-bond acceptors (Lipinski definition) is 5. The molecule has 7 heteroatoms. The first-order valence-electron chi connectivity index (χ1n) is 9.86. The largest absolute Gasteiger partial charge is 0.493 e. The summed E-state index contributed by atoms with van der Waals surface area (Å²) in [7, 11) is 1.62. The topological polar surface area (TPSA) is 82.8 Å². The average molecular weight is 415 g/mol. The maximum atomic E-state index is 12.5. The first-order chi connectivity index (χ1) is 12.9. The van der Waals surface area contributed by atoms with E-state index in [2.05, 4.69) is 19.2 Å². The van der Waals surface area contributed by atoms with E-state index in [1.807, 2.05) is 25.1 Å². The second kappa shape index (κ2) is 12.1. The van der Waals surface area contributed by atoms with E-state index in [0.717, 1.165) is 30.6 Å². The Kier molecular flexibility index (Phi) is 10.6. The summed E-state index contributed by atoms with van der Waals surface area (Å²) in [6.07, 6.45) is 2.65. The number of rotatable bonds is 9. The number of nitrogens with two attached hydrogens (primary N) is 1. The van der Waals surface area contributed by atoms with E-state index in [9.17, 15) is 4.79 Å². The highest BCUT2D eigenvalue weighted by Gasteiger charge is 2.27. The first-order valence-corrected chi connectivity index (χ1v) is 9.86. The van der Waals surface area contributed by atoms with Crippen LogP contribution in [0.25, 0.3) is 0 Å². The van der Waals surface area contributed by atoms with Crippen molar-refractivity contribution in [3.63, 3.8) is 0 Å². The Labute approximate surface area is 174 Å². The molecule has 2 atom stereocenters. The van der Waals surface area contributed by atoms with E-state index >= 15 is 0 Å². The molecule has 0 saturated carbocycles. The van der Waals surface area contributed by atoms with Crippen LogP contribution in [0.5, 0.6) is 11.5 Å². The minimum absolute atomic E-state index is 0. The highest BCUT2D eigenvalue weighted by molar-refractivity contribution is 5.85. The van der Waals surface area contributed by atoms with E-state index in [4.69, 9.17) is 19.9 Å². The van der Waals surface area contributed by atoms with Gasteiger partial charge in [0.2, 0.25) is 5.91 Å². The van der Waals surface area contributed by atoms with Crippen LogP contribution >= 0.6 is 12.4 Å². The third kappa shape index (κ3) is 7.15. The van der Waals surface area contributed by atoms with Gasteiger partial charge >= 0.3 is 0 Å². The molecule has 0 aliphatic carbocycles. The number of ether oxygens (including phenoxy) is 3. The predicted octanol–water partition coefficient (Wildman–Crippen LogP) is 3.47. The van der Waals surface area contributed by atoms with Gasteiger partial charge in [0.25, 0.3) is 0 Å². The summed E-state index contributed by atoms with van der Waals surface area (Å²) in [5.41, 5.74) is 7.12. The van der Waals surface area contributed by atoms with E-state index < -0.39 is 6.04 Å². The van der Waals surface area contributed by atoms with Crippen LogP contribution in [-0.2, 0) is 9.53 Å². The van der Waals surface area contributed by atoms with Gasteiger partial charge in [-0.05, 0) is 55.7 Å². The molecule has 0 spiro atoms. The summed E-state index contributed by atoms with van der Waals surface area (Å²) in [4.78, 5) is 12.5. The number of amides is 1. The number of halogens is 1. The molecule has 1 fully saturated rings. The van der Waals surface area contributed by atoms with Crippen molar-refractivity contribution in [3.8, 4) is 11.5 Å². The zero-order valence-electron chi connectivity index (χ0n) is 17.4. The molecule has 2 rings (SSSR count). The third-order valence-electron chi connectivity index (χ3n) is 5.08. The van der Waals surface area contributed by atoms with E-state index in [1.165, 1.54) is 0 Å². The van der Waals surface area contributed by atoms with E-state index in [1.54, 1.807) is 7.11 Å². The van der Waals surface area contributed by atoms with Gasteiger partial charge in [0, 0.05) is 13.2 Å². The summed E-state index contributed by atoms with van der Waals surface area (Å²) in [6.45, 7) is 8.29. The summed E-state index contributed by atoms with van der Waals surface area (Å²) < 4.78 is 16.6. The Balaban J connectivity index is 0.00000392. The fourth-order valence-corrected chi connectivity index (χ4v) is 3.16. The number of benzene rings is 1. The molecule has 0 radical (unpaired) electrons. The van der Waals surface area contributed by atoms with Crippen LogP contribution < -0.4 is 20.5 Å². The lowest BCUT2D eigenvalue weighted by Crippen LogP contribution is -2.47. The molecule has 1 aliphatic rings. The molecule has 28 heavy (non-hydrogen) atoms. The van der Waals surface area contributed by atoms with Crippen molar-refractivity contribution >= 4 is 18.3 Å². The molecule has 1 aromatic carbocycles. The van der Waals surface area contributed by atoms with Crippen molar-refractivity contribution in [1.29, 1.82) is 0 Å². The van der Waals surface area contributed by atoms with Gasteiger partial charge in [0.05, 0.1) is 25.8 Å². The third-order valence-corrected chi connectivity index (χ3v) is 5.08. The summed E-state index contributed by atoms with van der Waals surface area (Å²) in [6, 6.07) is 5.10. The summed E-state index contributed by atoms with van der Waals surface area (Å²) in [5.74, 6) is 2.04. The van der Waals surface area contributed by atoms with Crippen LogP contribution in [0.2, 0.25) is 0 Å². The van der Waals surface area contributed by atoms with E-state index in [-0.39, 0.29) is 30.3 Å². The second-order valence-electron chi connectivity index (χ2n) is 7.65. The minimum Gasteiger partial charge on any atom is -0.493 e. The second-order valence-corrected chi connectivity index (χ2v) is 7.65. The molecule has 3 N–H and O–H groups in total. The molecule has 2 unspecified atom stereocenters. The number of carbonyl (C=O) groups excluding carboxylic acids is 1. The van der Waals surface area contributed by atoms with Gasteiger partial charge in [0.15, 0.2) is 11.5 Å². The van der Waals surface area contributed by atoms with Crippen LogP contribution in [0.15, 0.2) is 18.2 Å². The van der Waals surface area contributed by atoms with Gasteiger partial charge in [-0.25, -0.2) is 0 Å². The lowest BCUT2D eigenvalue weighted by Gasteiger charge is -2.28. The molecule has 0 aromatic heterocycles. The van der Waals surface area contributed by atoms with Crippen molar-refractivity contribution in [1.82, 2.24) is 5.32 Å². The Bertz CT molecular complexity index is 606. The molecular formula is C21H35ClN2O4. The molecule has 1 heterocycles. The lowest BCUT2D eigenvalue weighted by atomic mass is 9.91. The number of methoxy groups -OCH3 is 1. The van der Waals surface area contributed by atoms with Crippen LogP contribution in [0.4, 0.5) is 0 Å². The van der Waals surface area contributed by atoms with Crippen molar-refractivity contribution in [2.45, 2.75) is 52.1 Å². The van der Waals surface area contributed by atoms with Crippen LogP contribution in [-0.4, -0.2) is 38.9 Å². The fraction of sp³-hybridized carbons (Fsp3) is 0.667. The Morgan fingerprint density at radius 3 is 2.54 bits per heavy atom. The number of carbonyl (C=O) groups is 1. The molecular weight excluding hydrogens is 380 g/mol. The molecule has 160 valence electrons. The molecule has 0 bridgehead atoms. The zero-order chi connectivity index (χ0) is 19.8. The molecule has 6 nitrogen and oxygen atoms in total. The normalized spacial score (nSPS) is 16.8. The quantitative estimate of drug-likeness (QED) is 0.646. The monoisotopic (exact) mass is 414 g/mol. The molecule has 1 aliphatic heterocycles. The summed E-state index contributed by atoms with van der Waals surface area (Å²) >= 11 is 0.